The molecule has 0 aliphatic carbocycles. The minimum atomic E-state index is -0.946. The molecule has 2 unspecified atom stereocenters. The maximum absolute atomic E-state index is 12.6. The minimum Gasteiger partial charge on any atom is -0.438 e. The first-order chi connectivity index (χ1) is 11.1. The van der Waals surface area contributed by atoms with Gasteiger partial charge in [-0.15, -0.1) is 0 Å². The second-order valence-corrected chi connectivity index (χ2v) is 6.28. The monoisotopic (exact) mass is 375 g/mol. The molecule has 0 aromatic heterocycles. The molecule has 0 heterocycles. The fourth-order valence-electron chi connectivity index (χ4n) is 2.29. The molecule has 2 atom stereocenters. The van der Waals surface area contributed by atoms with Gasteiger partial charge in [0.1, 0.15) is 0 Å². The van der Waals surface area contributed by atoms with Gasteiger partial charge in [0.25, 0.3) is 0 Å². The van der Waals surface area contributed by atoms with Crippen molar-refractivity contribution < 1.29 is 14.3 Å². The maximum atomic E-state index is 12.6. The summed E-state index contributed by atoms with van der Waals surface area (Å²) >= 11 is 3.40. The van der Waals surface area contributed by atoms with E-state index in [0.717, 1.165) is 11.1 Å². The van der Waals surface area contributed by atoms with E-state index >= 15 is 0 Å². The highest BCUT2D eigenvalue weighted by molar-refractivity contribution is 9.10. The summed E-state index contributed by atoms with van der Waals surface area (Å²) in [5.74, 6) is -0.198. The highest BCUT2D eigenvalue weighted by Crippen LogP contribution is 2.17. The third kappa shape index (κ3) is 5.53. The summed E-state index contributed by atoms with van der Waals surface area (Å²) in [5.41, 5.74) is 7.05. The molecule has 2 rings (SSSR count). The van der Waals surface area contributed by atoms with E-state index in [0.29, 0.717) is 12.8 Å². The lowest BCUT2D eigenvalue weighted by Crippen LogP contribution is -2.37. The lowest BCUT2D eigenvalue weighted by Gasteiger charge is -2.19. The van der Waals surface area contributed by atoms with Gasteiger partial charge in [-0.1, -0.05) is 76.6 Å². The number of carbonyl (C=O) groups excluding carboxylic acids is 2. The van der Waals surface area contributed by atoms with Gasteiger partial charge in [-0.2, -0.15) is 0 Å². The van der Waals surface area contributed by atoms with Gasteiger partial charge >= 0.3 is 6.09 Å². The van der Waals surface area contributed by atoms with Crippen molar-refractivity contribution in [3.63, 3.8) is 0 Å². The van der Waals surface area contributed by atoms with E-state index < -0.39 is 17.0 Å². The predicted octanol–water partition coefficient (Wildman–Crippen LogP) is 3.27. The molecule has 0 saturated carbocycles. The number of ether oxygens (including phenoxy) is 1. The molecule has 120 valence electrons. The summed E-state index contributed by atoms with van der Waals surface area (Å²) in [7, 11) is 0. The van der Waals surface area contributed by atoms with Gasteiger partial charge in [0.05, 0.1) is 4.83 Å². The van der Waals surface area contributed by atoms with Gasteiger partial charge in [0, 0.05) is 6.42 Å². The van der Waals surface area contributed by atoms with E-state index in [4.69, 9.17) is 10.5 Å². The Kier molecular flexibility index (Phi) is 6.35. The average molecular weight is 376 g/mol. The van der Waals surface area contributed by atoms with E-state index in [1.807, 2.05) is 60.7 Å². The topological polar surface area (TPSA) is 69.4 Å². The molecule has 5 heteroatoms. The Hall–Kier alpha value is -2.14. The molecule has 0 aliphatic rings. The van der Waals surface area contributed by atoms with E-state index in [-0.39, 0.29) is 5.78 Å². The molecule has 23 heavy (non-hydrogen) atoms. The summed E-state index contributed by atoms with van der Waals surface area (Å²) in [6.07, 6.45) is -1.02. The summed E-state index contributed by atoms with van der Waals surface area (Å²) in [5, 5.41) is 0. The zero-order chi connectivity index (χ0) is 16.7. The molecule has 0 radical (unpaired) electrons. The van der Waals surface area contributed by atoms with Crippen LogP contribution in [0.5, 0.6) is 0 Å². The molecular weight excluding hydrogens is 358 g/mol. The zero-order valence-corrected chi connectivity index (χ0v) is 14.1. The highest BCUT2D eigenvalue weighted by atomic mass is 79.9. The molecular formula is C18H18BrNO3. The molecule has 0 saturated heterocycles. The van der Waals surface area contributed by atoms with Crippen molar-refractivity contribution in [3.05, 3.63) is 71.8 Å². The summed E-state index contributed by atoms with van der Waals surface area (Å²) in [6, 6.07) is 19.0. The van der Waals surface area contributed by atoms with Crippen LogP contribution in [0.3, 0.4) is 0 Å². The van der Waals surface area contributed by atoms with Crippen molar-refractivity contribution in [3.8, 4) is 0 Å². The van der Waals surface area contributed by atoms with Crippen LogP contribution in [0.15, 0.2) is 60.7 Å². The Morgan fingerprint density at radius 3 is 1.87 bits per heavy atom. The van der Waals surface area contributed by atoms with Crippen molar-refractivity contribution in [1.29, 1.82) is 0 Å². The predicted molar refractivity (Wildman–Crippen MR) is 92.5 cm³/mol. The first-order valence-corrected chi connectivity index (χ1v) is 8.19. The Labute approximate surface area is 143 Å². The van der Waals surface area contributed by atoms with Crippen LogP contribution >= 0.6 is 15.9 Å². The molecule has 0 fully saturated rings. The number of rotatable bonds is 7. The molecule has 2 aromatic carbocycles. The number of Topliss-reactive ketones (excluding diaryl/α,β-unsaturated/α-hetero) is 1. The molecule has 2 aromatic rings. The normalized spacial score (nSPS) is 13.1. The van der Waals surface area contributed by atoms with E-state index in [9.17, 15) is 9.59 Å². The second-order valence-electron chi connectivity index (χ2n) is 5.17. The largest absolute Gasteiger partial charge is 0.438 e. The number of benzene rings is 2. The summed E-state index contributed by atoms with van der Waals surface area (Å²) in [4.78, 5) is 23.3. The maximum Gasteiger partial charge on any atom is 0.405 e. The first kappa shape index (κ1) is 17.2. The van der Waals surface area contributed by atoms with E-state index in [1.165, 1.54) is 0 Å². The Bertz CT molecular complexity index is 646. The number of ketones is 1. The van der Waals surface area contributed by atoms with Crippen LogP contribution in [-0.2, 0) is 22.4 Å². The van der Waals surface area contributed by atoms with Crippen LogP contribution < -0.4 is 5.73 Å². The van der Waals surface area contributed by atoms with Gasteiger partial charge in [-0.05, 0) is 17.5 Å². The average Bonchev–Trinajstić information content (AvgIpc) is 2.55. The van der Waals surface area contributed by atoms with Crippen LogP contribution in [-0.4, -0.2) is 22.8 Å². The molecule has 0 aliphatic heterocycles. The van der Waals surface area contributed by atoms with Crippen molar-refractivity contribution in [2.24, 2.45) is 5.73 Å². The van der Waals surface area contributed by atoms with Crippen LogP contribution in [0.4, 0.5) is 4.79 Å². The Balaban J connectivity index is 2.07. The van der Waals surface area contributed by atoms with Crippen LogP contribution in [0.25, 0.3) is 0 Å². The van der Waals surface area contributed by atoms with Gasteiger partial charge in [-0.3, -0.25) is 4.79 Å². The molecule has 1 amide bonds. The number of hydrogen-bond donors (Lipinski definition) is 1. The molecule has 2 N–H and O–H groups in total. The van der Waals surface area contributed by atoms with Crippen LogP contribution in [0.1, 0.15) is 11.1 Å². The molecule has 4 nitrogen and oxygen atoms in total. The first-order valence-electron chi connectivity index (χ1n) is 7.28. The van der Waals surface area contributed by atoms with Gasteiger partial charge in [-0.25, -0.2) is 4.79 Å². The SMILES string of the molecule is NC(=O)OC(Cc1ccccc1)C(=O)C(Br)Cc1ccccc1. The standard InChI is InChI=1S/C18H18BrNO3/c19-15(11-13-7-3-1-4-8-13)17(21)16(23-18(20)22)12-14-9-5-2-6-10-14/h1-10,15-16H,11-12H2,(H2,20,22). The lowest BCUT2D eigenvalue weighted by molar-refractivity contribution is -0.126. The van der Waals surface area contributed by atoms with Crippen molar-refractivity contribution in [1.82, 2.24) is 0 Å². The third-order valence-electron chi connectivity index (χ3n) is 3.41. The summed E-state index contributed by atoms with van der Waals surface area (Å²) in [6.45, 7) is 0. The Morgan fingerprint density at radius 2 is 1.39 bits per heavy atom. The molecule has 0 bridgehead atoms. The second kappa shape index (κ2) is 8.48. The van der Waals surface area contributed by atoms with E-state index in [1.54, 1.807) is 0 Å². The third-order valence-corrected chi connectivity index (χ3v) is 4.18. The number of amides is 1. The smallest absolute Gasteiger partial charge is 0.405 e. The quantitative estimate of drug-likeness (QED) is 0.754. The van der Waals surface area contributed by atoms with Gasteiger partial charge < -0.3 is 10.5 Å². The number of carbonyl (C=O) groups is 2. The van der Waals surface area contributed by atoms with Crippen LogP contribution in [0.2, 0.25) is 0 Å². The number of alkyl halides is 1. The number of hydrogen-bond acceptors (Lipinski definition) is 3. The minimum absolute atomic E-state index is 0.198. The van der Waals surface area contributed by atoms with Gasteiger partial charge in [0.15, 0.2) is 11.9 Å². The van der Waals surface area contributed by atoms with Crippen molar-refractivity contribution in [2.45, 2.75) is 23.8 Å². The highest BCUT2D eigenvalue weighted by Gasteiger charge is 2.28. The van der Waals surface area contributed by atoms with Gasteiger partial charge in [0.2, 0.25) is 0 Å². The fourth-order valence-corrected chi connectivity index (χ4v) is 2.96. The van der Waals surface area contributed by atoms with Crippen LogP contribution in [0, 0.1) is 0 Å². The zero-order valence-electron chi connectivity index (χ0n) is 12.5. The van der Waals surface area contributed by atoms with E-state index in [2.05, 4.69) is 15.9 Å². The number of nitrogens with two attached hydrogens (primary N) is 1. The summed E-state index contributed by atoms with van der Waals surface area (Å²) < 4.78 is 5.03. The molecule has 0 spiro atoms. The van der Waals surface area contributed by atoms with Crippen molar-refractivity contribution >= 4 is 27.8 Å². The Morgan fingerprint density at radius 1 is 0.913 bits per heavy atom. The number of primary amides is 1. The number of halogens is 1. The lowest BCUT2D eigenvalue weighted by atomic mass is 10.00. The fraction of sp³-hybridized carbons (Fsp3) is 0.222. The van der Waals surface area contributed by atoms with Crippen molar-refractivity contribution in [2.75, 3.05) is 0 Å².